The first kappa shape index (κ1) is 14.9. The van der Waals surface area contributed by atoms with E-state index in [4.69, 9.17) is 23.2 Å². The van der Waals surface area contributed by atoms with E-state index in [2.05, 4.69) is 42.8 Å². The number of hydrogen-bond acceptors (Lipinski definition) is 3. The zero-order valence-corrected chi connectivity index (χ0v) is 14.4. The van der Waals surface area contributed by atoms with Crippen molar-refractivity contribution in [1.29, 1.82) is 0 Å². The summed E-state index contributed by atoms with van der Waals surface area (Å²) in [5.41, 5.74) is 1.21. The molecule has 1 aromatic heterocycles. The Bertz CT molecular complexity index is 625. The maximum absolute atomic E-state index is 5.94. The predicted molar refractivity (Wildman–Crippen MR) is 92.8 cm³/mol. The van der Waals surface area contributed by atoms with Gasteiger partial charge in [-0.25, -0.2) is 4.98 Å². The smallest absolute Gasteiger partial charge is 0.143 e. The molecule has 110 valence electrons. The fourth-order valence-corrected chi connectivity index (χ4v) is 3.48. The van der Waals surface area contributed by atoms with Crippen LogP contribution in [-0.4, -0.2) is 31.2 Å². The van der Waals surface area contributed by atoms with Crippen LogP contribution in [0.5, 0.6) is 0 Å². The first-order chi connectivity index (χ1) is 10.1. The Balaban J connectivity index is 1.68. The van der Waals surface area contributed by atoms with Crippen LogP contribution in [0.2, 0.25) is 10.0 Å². The van der Waals surface area contributed by atoms with Gasteiger partial charge < -0.3 is 9.80 Å². The van der Waals surface area contributed by atoms with Crippen LogP contribution in [0.4, 0.5) is 11.5 Å². The van der Waals surface area contributed by atoms with Gasteiger partial charge in [-0.1, -0.05) is 23.2 Å². The number of nitrogens with zero attached hydrogens (tertiary/aromatic N) is 3. The highest BCUT2D eigenvalue weighted by atomic mass is 79.9. The van der Waals surface area contributed by atoms with Gasteiger partial charge in [0, 0.05) is 43.1 Å². The molecule has 0 atom stereocenters. The third-order valence-corrected chi connectivity index (χ3v) is 4.60. The van der Waals surface area contributed by atoms with Gasteiger partial charge in [-0.2, -0.15) is 0 Å². The van der Waals surface area contributed by atoms with E-state index < -0.39 is 0 Å². The third-order valence-electron chi connectivity index (χ3n) is 3.56. The van der Waals surface area contributed by atoms with E-state index in [1.54, 1.807) is 6.20 Å². The second kappa shape index (κ2) is 6.42. The molecule has 0 unspecified atom stereocenters. The molecule has 2 aromatic rings. The number of halogens is 3. The molecule has 0 amide bonds. The summed E-state index contributed by atoms with van der Waals surface area (Å²) in [6.07, 6.45) is 1.69. The van der Waals surface area contributed by atoms with Crippen molar-refractivity contribution in [1.82, 2.24) is 4.98 Å². The highest BCUT2D eigenvalue weighted by Gasteiger charge is 2.20. The molecule has 0 aliphatic carbocycles. The SMILES string of the molecule is Clc1ccc(N2CCN(c3ncc(Cl)cc3Br)CC2)cc1. The second-order valence-electron chi connectivity index (χ2n) is 4.91. The Hall–Kier alpha value is -0.970. The van der Waals surface area contributed by atoms with Crippen LogP contribution in [0, 0.1) is 0 Å². The topological polar surface area (TPSA) is 19.4 Å². The first-order valence-electron chi connectivity index (χ1n) is 6.70. The minimum Gasteiger partial charge on any atom is -0.368 e. The zero-order chi connectivity index (χ0) is 14.8. The van der Waals surface area contributed by atoms with Gasteiger partial charge in [-0.05, 0) is 46.3 Å². The van der Waals surface area contributed by atoms with Crippen molar-refractivity contribution in [3.05, 3.63) is 51.0 Å². The molecule has 1 fully saturated rings. The van der Waals surface area contributed by atoms with E-state index in [1.807, 2.05) is 18.2 Å². The standard InChI is InChI=1S/C15H14BrCl2N3/c16-14-9-12(18)10-19-15(14)21-7-5-20(6-8-21)13-3-1-11(17)2-4-13/h1-4,9-10H,5-8H2. The number of piperazine rings is 1. The molecule has 0 radical (unpaired) electrons. The Kier molecular flexibility index (Phi) is 4.57. The highest BCUT2D eigenvalue weighted by Crippen LogP contribution is 2.28. The first-order valence-corrected chi connectivity index (χ1v) is 8.25. The monoisotopic (exact) mass is 385 g/mol. The summed E-state index contributed by atoms with van der Waals surface area (Å²) in [5.74, 6) is 0.954. The lowest BCUT2D eigenvalue weighted by Gasteiger charge is -2.37. The molecule has 3 rings (SSSR count). The van der Waals surface area contributed by atoms with Gasteiger partial charge in [-0.3, -0.25) is 0 Å². The van der Waals surface area contributed by atoms with Crippen molar-refractivity contribution < 1.29 is 0 Å². The lowest BCUT2D eigenvalue weighted by molar-refractivity contribution is 0.646. The largest absolute Gasteiger partial charge is 0.368 e. The third kappa shape index (κ3) is 3.44. The summed E-state index contributed by atoms with van der Waals surface area (Å²) in [6.45, 7) is 3.77. The van der Waals surface area contributed by atoms with Gasteiger partial charge in [0.15, 0.2) is 0 Å². The molecule has 1 aliphatic heterocycles. The Morgan fingerprint density at radius 2 is 1.52 bits per heavy atom. The summed E-state index contributed by atoms with van der Waals surface area (Å²) in [5, 5.41) is 1.41. The molecule has 21 heavy (non-hydrogen) atoms. The van der Waals surface area contributed by atoms with Crippen LogP contribution in [0.1, 0.15) is 0 Å². The molecule has 3 nitrogen and oxygen atoms in total. The highest BCUT2D eigenvalue weighted by molar-refractivity contribution is 9.10. The average molecular weight is 387 g/mol. The van der Waals surface area contributed by atoms with Crippen LogP contribution in [0.3, 0.4) is 0 Å². The van der Waals surface area contributed by atoms with Crippen LogP contribution in [-0.2, 0) is 0 Å². The molecule has 0 bridgehead atoms. The summed E-state index contributed by atoms with van der Waals surface area (Å²) >= 11 is 15.4. The van der Waals surface area contributed by atoms with Crippen molar-refractivity contribution in [2.24, 2.45) is 0 Å². The maximum Gasteiger partial charge on any atom is 0.143 e. The fraction of sp³-hybridized carbons (Fsp3) is 0.267. The average Bonchev–Trinajstić information content (AvgIpc) is 2.48. The van der Waals surface area contributed by atoms with E-state index in [0.29, 0.717) is 5.02 Å². The molecule has 2 heterocycles. The van der Waals surface area contributed by atoms with Gasteiger partial charge in [-0.15, -0.1) is 0 Å². The van der Waals surface area contributed by atoms with Crippen LogP contribution < -0.4 is 9.80 Å². The minimum absolute atomic E-state index is 0.644. The molecular weight excluding hydrogens is 373 g/mol. The van der Waals surface area contributed by atoms with Crippen molar-refractivity contribution in [2.75, 3.05) is 36.0 Å². The Morgan fingerprint density at radius 1 is 0.905 bits per heavy atom. The predicted octanol–water partition coefficient (Wildman–Crippen LogP) is 4.48. The Morgan fingerprint density at radius 3 is 2.14 bits per heavy atom. The van der Waals surface area contributed by atoms with E-state index >= 15 is 0 Å². The molecule has 0 N–H and O–H groups in total. The number of aromatic nitrogens is 1. The molecule has 6 heteroatoms. The fourth-order valence-electron chi connectivity index (χ4n) is 2.47. The van der Waals surface area contributed by atoms with Crippen molar-refractivity contribution in [3.63, 3.8) is 0 Å². The number of pyridine rings is 1. The van der Waals surface area contributed by atoms with Crippen molar-refractivity contribution in [3.8, 4) is 0 Å². The summed E-state index contributed by atoms with van der Waals surface area (Å²) in [6, 6.07) is 9.87. The number of anilines is 2. The van der Waals surface area contributed by atoms with Gasteiger partial charge in [0.25, 0.3) is 0 Å². The Labute approximate surface area is 142 Å². The van der Waals surface area contributed by atoms with Crippen LogP contribution in [0.25, 0.3) is 0 Å². The quantitative estimate of drug-likeness (QED) is 0.758. The van der Waals surface area contributed by atoms with E-state index in [-0.39, 0.29) is 0 Å². The number of rotatable bonds is 2. The molecule has 0 saturated carbocycles. The van der Waals surface area contributed by atoms with E-state index in [1.165, 1.54) is 5.69 Å². The molecule has 1 aromatic carbocycles. The molecule has 1 saturated heterocycles. The van der Waals surface area contributed by atoms with Gasteiger partial charge in [0.1, 0.15) is 5.82 Å². The zero-order valence-electron chi connectivity index (χ0n) is 11.3. The van der Waals surface area contributed by atoms with E-state index in [0.717, 1.165) is 41.5 Å². The maximum atomic E-state index is 5.94. The van der Waals surface area contributed by atoms with Gasteiger partial charge >= 0.3 is 0 Å². The van der Waals surface area contributed by atoms with Gasteiger partial charge in [0.05, 0.1) is 9.50 Å². The number of benzene rings is 1. The summed E-state index contributed by atoms with van der Waals surface area (Å²) in [7, 11) is 0. The molecule has 0 spiro atoms. The van der Waals surface area contributed by atoms with Crippen LogP contribution >= 0.6 is 39.1 Å². The summed E-state index contributed by atoms with van der Waals surface area (Å²) < 4.78 is 0.940. The molecule has 1 aliphatic rings. The van der Waals surface area contributed by atoms with Gasteiger partial charge in [0.2, 0.25) is 0 Å². The summed E-state index contributed by atoms with van der Waals surface area (Å²) in [4.78, 5) is 9.05. The lowest BCUT2D eigenvalue weighted by atomic mass is 10.2. The van der Waals surface area contributed by atoms with E-state index in [9.17, 15) is 0 Å². The second-order valence-corrected chi connectivity index (χ2v) is 6.64. The minimum atomic E-state index is 0.644. The van der Waals surface area contributed by atoms with Crippen molar-refractivity contribution in [2.45, 2.75) is 0 Å². The lowest BCUT2D eigenvalue weighted by Crippen LogP contribution is -2.47. The molecular formula is C15H14BrCl2N3. The number of hydrogen-bond donors (Lipinski definition) is 0. The van der Waals surface area contributed by atoms with Crippen molar-refractivity contribution >= 4 is 50.6 Å². The van der Waals surface area contributed by atoms with Crippen LogP contribution in [0.15, 0.2) is 41.0 Å². The normalized spacial score (nSPS) is 15.4.